The van der Waals surface area contributed by atoms with Crippen LogP contribution >= 0.6 is 0 Å². The summed E-state index contributed by atoms with van der Waals surface area (Å²) < 4.78 is 21.5. The number of hydrogen-bond donors (Lipinski definition) is 2. The first kappa shape index (κ1) is 19.0. The number of aryl methyl sites for hydroxylation is 1. The number of aromatic amines is 1. The van der Waals surface area contributed by atoms with Gasteiger partial charge in [-0.2, -0.15) is 0 Å². The highest BCUT2D eigenvalue weighted by Crippen LogP contribution is 2.39. The molecule has 3 aromatic rings. The van der Waals surface area contributed by atoms with Crippen molar-refractivity contribution in [3.63, 3.8) is 0 Å². The molecule has 1 aromatic heterocycles. The maximum absolute atomic E-state index is 12.9. The van der Waals surface area contributed by atoms with Crippen molar-refractivity contribution in [2.24, 2.45) is 0 Å². The van der Waals surface area contributed by atoms with Gasteiger partial charge in [0, 0.05) is 17.0 Å². The minimum Gasteiger partial charge on any atom is -0.493 e. The summed E-state index contributed by atoms with van der Waals surface area (Å²) in [7, 11) is 6.41. The lowest BCUT2D eigenvalue weighted by Gasteiger charge is -2.16. The molecule has 29 heavy (non-hydrogen) atoms. The normalized spacial score (nSPS) is 15.1. The average Bonchev–Trinajstić information content (AvgIpc) is 3.34. The Morgan fingerprint density at radius 2 is 1.52 bits per heavy atom. The van der Waals surface area contributed by atoms with Crippen LogP contribution in [0.4, 0.5) is 0 Å². The molecule has 0 fully saturated rings. The fraction of sp³-hybridized carbons (Fsp3) is 0.318. The number of amides is 1. The van der Waals surface area contributed by atoms with Crippen molar-refractivity contribution in [2.45, 2.75) is 18.9 Å². The van der Waals surface area contributed by atoms with Gasteiger partial charge in [0.15, 0.2) is 23.0 Å². The Morgan fingerprint density at radius 1 is 0.897 bits per heavy atom. The maximum atomic E-state index is 12.9. The number of benzene rings is 2. The molecule has 1 atom stereocenters. The largest absolute Gasteiger partial charge is 0.493 e. The van der Waals surface area contributed by atoms with Crippen LogP contribution in [0.25, 0.3) is 10.9 Å². The van der Waals surface area contributed by atoms with Gasteiger partial charge in [-0.05, 0) is 48.2 Å². The number of carbonyl (C=O) groups excluding carboxylic acids is 1. The molecule has 0 saturated heterocycles. The highest BCUT2D eigenvalue weighted by Gasteiger charge is 2.27. The first-order valence-corrected chi connectivity index (χ1v) is 9.38. The van der Waals surface area contributed by atoms with E-state index in [2.05, 4.69) is 10.3 Å². The van der Waals surface area contributed by atoms with Crippen molar-refractivity contribution in [3.8, 4) is 23.0 Å². The van der Waals surface area contributed by atoms with Crippen molar-refractivity contribution in [1.82, 2.24) is 10.3 Å². The van der Waals surface area contributed by atoms with E-state index in [1.807, 2.05) is 30.3 Å². The molecular weight excluding hydrogens is 372 g/mol. The monoisotopic (exact) mass is 396 g/mol. The van der Waals surface area contributed by atoms with Crippen LogP contribution in [0.5, 0.6) is 23.0 Å². The van der Waals surface area contributed by atoms with E-state index in [-0.39, 0.29) is 11.9 Å². The molecule has 7 heteroatoms. The van der Waals surface area contributed by atoms with Crippen LogP contribution in [0, 0.1) is 0 Å². The molecule has 1 unspecified atom stereocenters. The number of H-pyrrole nitrogens is 1. The highest BCUT2D eigenvalue weighted by molar-refractivity contribution is 5.99. The Morgan fingerprint density at radius 3 is 2.21 bits per heavy atom. The SMILES string of the molecule is COc1cc2c(cc1OC)C(NC(=O)c1cc3cc(OC)c(OC)cc3[nH]1)CC2. The summed E-state index contributed by atoms with van der Waals surface area (Å²) in [6, 6.07) is 9.36. The number of aromatic nitrogens is 1. The van der Waals surface area contributed by atoms with Crippen LogP contribution < -0.4 is 24.3 Å². The molecule has 1 aliphatic carbocycles. The van der Waals surface area contributed by atoms with Gasteiger partial charge in [-0.1, -0.05) is 0 Å². The number of methoxy groups -OCH3 is 4. The lowest BCUT2D eigenvalue weighted by atomic mass is 10.1. The quantitative estimate of drug-likeness (QED) is 0.665. The van der Waals surface area contributed by atoms with Gasteiger partial charge in [0.25, 0.3) is 5.91 Å². The molecule has 0 aliphatic heterocycles. The third-order valence-electron chi connectivity index (χ3n) is 5.40. The molecule has 2 aromatic carbocycles. The number of rotatable bonds is 6. The van der Waals surface area contributed by atoms with Crippen molar-refractivity contribution in [1.29, 1.82) is 0 Å². The standard InChI is InChI=1S/C22H24N2O5/c1-26-18-8-12-5-6-15(14(12)10-20(18)28-3)24-22(25)17-7-13-9-19(27-2)21(29-4)11-16(13)23-17/h7-11,15,23H,5-6H2,1-4H3,(H,24,25). The predicted octanol–water partition coefficient (Wildman–Crippen LogP) is 3.62. The summed E-state index contributed by atoms with van der Waals surface area (Å²) >= 11 is 0. The number of carbonyl (C=O) groups is 1. The second-order valence-electron chi connectivity index (χ2n) is 6.95. The number of nitrogens with one attached hydrogen (secondary N) is 2. The average molecular weight is 396 g/mol. The Hall–Kier alpha value is -3.35. The lowest BCUT2D eigenvalue weighted by molar-refractivity contribution is 0.0932. The molecule has 1 aliphatic rings. The lowest BCUT2D eigenvalue weighted by Crippen LogP contribution is -2.27. The Kier molecular flexibility index (Phi) is 4.96. The zero-order valence-corrected chi connectivity index (χ0v) is 16.9. The molecule has 0 bridgehead atoms. The Bertz CT molecular complexity index is 1030. The second-order valence-corrected chi connectivity index (χ2v) is 6.95. The number of hydrogen-bond acceptors (Lipinski definition) is 5. The summed E-state index contributed by atoms with van der Waals surface area (Å²) in [5.41, 5.74) is 3.53. The smallest absolute Gasteiger partial charge is 0.268 e. The molecule has 2 N–H and O–H groups in total. The van der Waals surface area contributed by atoms with Crippen LogP contribution in [0.3, 0.4) is 0 Å². The van der Waals surface area contributed by atoms with Crippen LogP contribution in [0.2, 0.25) is 0 Å². The zero-order valence-electron chi connectivity index (χ0n) is 16.9. The van der Waals surface area contributed by atoms with Gasteiger partial charge in [-0.25, -0.2) is 0 Å². The van der Waals surface area contributed by atoms with E-state index < -0.39 is 0 Å². The molecule has 7 nitrogen and oxygen atoms in total. The van der Waals surface area contributed by atoms with E-state index in [9.17, 15) is 4.79 Å². The summed E-state index contributed by atoms with van der Waals surface area (Å²) in [6.07, 6.45) is 1.71. The van der Waals surface area contributed by atoms with Crippen molar-refractivity contribution in [3.05, 3.63) is 47.2 Å². The molecule has 0 saturated carbocycles. The van der Waals surface area contributed by atoms with E-state index in [0.717, 1.165) is 29.3 Å². The van der Waals surface area contributed by atoms with Crippen molar-refractivity contribution in [2.75, 3.05) is 28.4 Å². The van der Waals surface area contributed by atoms with Gasteiger partial charge in [-0.15, -0.1) is 0 Å². The van der Waals surface area contributed by atoms with Gasteiger partial charge in [0.2, 0.25) is 0 Å². The van der Waals surface area contributed by atoms with E-state index in [0.29, 0.717) is 28.7 Å². The first-order chi connectivity index (χ1) is 14.1. The third-order valence-corrected chi connectivity index (χ3v) is 5.40. The molecule has 0 spiro atoms. The summed E-state index contributed by atoms with van der Waals surface area (Å²) in [5.74, 6) is 2.44. The van der Waals surface area contributed by atoms with Crippen LogP contribution in [-0.2, 0) is 6.42 Å². The molecule has 152 valence electrons. The fourth-order valence-electron chi connectivity index (χ4n) is 3.90. The van der Waals surface area contributed by atoms with E-state index in [1.165, 1.54) is 5.56 Å². The summed E-state index contributed by atoms with van der Waals surface area (Å²) in [4.78, 5) is 16.1. The Balaban J connectivity index is 1.60. The maximum Gasteiger partial charge on any atom is 0.268 e. The zero-order chi connectivity index (χ0) is 20.5. The van der Waals surface area contributed by atoms with Crippen LogP contribution in [0.15, 0.2) is 30.3 Å². The topological polar surface area (TPSA) is 81.8 Å². The second kappa shape index (κ2) is 7.58. The van der Waals surface area contributed by atoms with Gasteiger partial charge in [0.05, 0.1) is 34.5 Å². The van der Waals surface area contributed by atoms with Crippen LogP contribution in [0.1, 0.15) is 34.1 Å². The predicted molar refractivity (Wildman–Crippen MR) is 109 cm³/mol. The number of fused-ring (bicyclic) bond motifs is 2. The molecule has 1 heterocycles. The minimum absolute atomic E-state index is 0.0761. The van der Waals surface area contributed by atoms with E-state index in [1.54, 1.807) is 28.4 Å². The van der Waals surface area contributed by atoms with Gasteiger partial charge in [-0.3, -0.25) is 4.79 Å². The van der Waals surface area contributed by atoms with Gasteiger partial charge in [0.1, 0.15) is 5.69 Å². The van der Waals surface area contributed by atoms with E-state index >= 15 is 0 Å². The molecule has 0 radical (unpaired) electrons. The van der Waals surface area contributed by atoms with Gasteiger partial charge < -0.3 is 29.2 Å². The summed E-state index contributed by atoms with van der Waals surface area (Å²) in [6.45, 7) is 0. The van der Waals surface area contributed by atoms with Crippen molar-refractivity contribution < 1.29 is 23.7 Å². The first-order valence-electron chi connectivity index (χ1n) is 9.38. The van der Waals surface area contributed by atoms with Crippen LogP contribution in [-0.4, -0.2) is 39.3 Å². The number of ether oxygens (including phenoxy) is 4. The van der Waals surface area contributed by atoms with Gasteiger partial charge >= 0.3 is 0 Å². The molecule has 1 amide bonds. The van der Waals surface area contributed by atoms with Crippen molar-refractivity contribution >= 4 is 16.8 Å². The molecule has 4 rings (SSSR count). The molecular formula is C22H24N2O5. The minimum atomic E-state index is -0.160. The highest BCUT2D eigenvalue weighted by atomic mass is 16.5. The Labute approximate surface area is 168 Å². The fourth-order valence-corrected chi connectivity index (χ4v) is 3.90. The summed E-state index contributed by atoms with van der Waals surface area (Å²) in [5, 5.41) is 4.01. The third kappa shape index (κ3) is 3.33. The van der Waals surface area contributed by atoms with E-state index in [4.69, 9.17) is 18.9 Å².